The van der Waals surface area contributed by atoms with Gasteiger partial charge in [-0.2, -0.15) is 26.3 Å². The van der Waals surface area contributed by atoms with Gasteiger partial charge in [-0.1, -0.05) is 12.1 Å². The van der Waals surface area contributed by atoms with Crippen molar-refractivity contribution in [2.45, 2.75) is 38.0 Å². The fraction of sp³-hybridized carbons (Fsp3) is 0.542. The van der Waals surface area contributed by atoms with Gasteiger partial charge in [0.25, 0.3) is 0 Å². The molecule has 2 saturated heterocycles. The minimum atomic E-state index is -4.54. The van der Waals surface area contributed by atoms with Crippen molar-refractivity contribution >= 4 is 18.0 Å². The molecule has 13 heteroatoms. The lowest BCUT2D eigenvalue weighted by Gasteiger charge is -2.35. The average molecular weight is 534 g/mol. The topological polar surface area (TPSA) is 81.6 Å². The van der Waals surface area contributed by atoms with Gasteiger partial charge in [-0.3, -0.25) is 4.79 Å². The van der Waals surface area contributed by atoms with E-state index in [2.05, 4.69) is 15.3 Å². The van der Waals surface area contributed by atoms with Crippen LogP contribution in [0.4, 0.5) is 38.0 Å². The molecule has 0 spiro atoms. The molecule has 2 aliphatic heterocycles. The van der Waals surface area contributed by atoms with E-state index in [0.717, 1.165) is 50.0 Å². The summed E-state index contributed by atoms with van der Waals surface area (Å²) in [5.74, 6) is -0.153. The fourth-order valence-corrected chi connectivity index (χ4v) is 3.90. The summed E-state index contributed by atoms with van der Waals surface area (Å²) in [6.45, 7) is 3.25. The number of aromatic nitrogens is 2. The van der Waals surface area contributed by atoms with Crippen molar-refractivity contribution in [3.8, 4) is 0 Å². The molecule has 1 amide bonds. The molecule has 2 N–H and O–H groups in total. The number of carbonyl (C=O) groups is 1. The average Bonchev–Trinajstić information content (AvgIpc) is 2.83. The van der Waals surface area contributed by atoms with Crippen molar-refractivity contribution in [3.05, 3.63) is 47.3 Å². The number of nitrogens with zero attached hydrogens (tertiary/aromatic N) is 4. The number of rotatable bonds is 7. The molecule has 0 aliphatic carbocycles. The summed E-state index contributed by atoms with van der Waals surface area (Å²) < 4.78 is 75.6. The van der Waals surface area contributed by atoms with Crippen LogP contribution in [0, 0.1) is 5.92 Å². The minimum absolute atomic E-state index is 0.129. The highest BCUT2D eigenvalue weighted by Crippen LogP contribution is 2.33. The first-order valence-corrected chi connectivity index (χ1v) is 11.9. The molecule has 0 atom stereocenters. The third-order valence-corrected chi connectivity index (χ3v) is 6.25. The highest BCUT2D eigenvalue weighted by Gasteiger charge is 2.37. The minimum Gasteiger partial charge on any atom is -0.396 e. The number of alkyl halides is 6. The Balaban J connectivity index is 0.000000222. The molecular weight excluding hydrogens is 504 g/mol. The smallest absolute Gasteiger partial charge is 0.396 e. The van der Waals surface area contributed by atoms with E-state index in [1.807, 2.05) is 9.80 Å². The molecule has 3 heterocycles. The van der Waals surface area contributed by atoms with E-state index in [-0.39, 0.29) is 12.5 Å². The van der Waals surface area contributed by atoms with E-state index in [4.69, 9.17) is 5.11 Å². The second-order valence-corrected chi connectivity index (χ2v) is 8.88. The number of hydrogen-bond acceptors (Lipinski definition) is 6. The molecule has 1 aromatic carbocycles. The van der Waals surface area contributed by atoms with Gasteiger partial charge in [-0.05, 0) is 49.3 Å². The zero-order valence-corrected chi connectivity index (χ0v) is 20.0. The summed E-state index contributed by atoms with van der Waals surface area (Å²) in [4.78, 5) is 21.0. The Morgan fingerprint density at radius 2 is 1.49 bits per heavy atom. The van der Waals surface area contributed by atoms with Gasteiger partial charge in [-0.15, -0.1) is 0 Å². The van der Waals surface area contributed by atoms with Crippen molar-refractivity contribution in [2.24, 2.45) is 5.92 Å². The van der Waals surface area contributed by atoms with Crippen LogP contribution in [0.5, 0.6) is 0 Å². The second-order valence-electron chi connectivity index (χ2n) is 8.88. The Hall–Kier alpha value is -3.09. The Morgan fingerprint density at radius 1 is 0.919 bits per heavy atom. The van der Waals surface area contributed by atoms with Gasteiger partial charge in [0.2, 0.25) is 12.2 Å². The molecular formula is C24H29F6N5O2. The molecule has 204 valence electrons. The molecule has 0 radical (unpaired) electrons. The number of halogens is 6. The number of carbonyl (C=O) groups excluding carboxylic acids is 1. The Kier molecular flexibility index (Phi) is 9.57. The lowest BCUT2D eigenvalue weighted by atomic mass is 9.98. The maximum atomic E-state index is 13.0. The highest BCUT2D eigenvalue weighted by molar-refractivity contribution is 5.52. The van der Waals surface area contributed by atoms with Crippen LogP contribution >= 0.6 is 0 Å². The molecule has 1 aromatic heterocycles. The van der Waals surface area contributed by atoms with Crippen LogP contribution in [0.25, 0.3) is 0 Å². The van der Waals surface area contributed by atoms with E-state index < -0.39 is 23.7 Å². The van der Waals surface area contributed by atoms with Crippen LogP contribution in [0.2, 0.25) is 0 Å². The first-order valence-electron chi connectivity index (χ1n) is 11.9. The molecule has 2 fully saturated rings. The number of piperidine rings is 1. The number of aliphatic hydroxyl groups excluding tert-OH is 1. The SMILES string of the molecule is O=CNCCc1ccc(C(F)(F)F)cc1.OCC1CCN(c2cc(N3CCC3)nc(C(F)(F)F)n2)CC1. The van der Waals surface area contributed by atoms with E-state index in [0.29, 0.717) is 44.1 Å². The van der Waals surface area contributed by atoms with Crippen molar-refractivity contribution in [3.63, 3.8) is 0 Å². The quantitative estimate of drug-likeness (QED) is 0.319. The Labute approximate surface area is 210 Å². The summed E-state index contributed by atoms with van der Waals surface area (Å²) >= 11 is 0. The van der Waals surface area contributed by atoms with E-state index in [1.54, 1.807) is 6.07 Å². The Morgan fingerprint density at radius 3 is 1.92 bits per heavy atom. The maximum Gasteiger partial charge on any atom is 0.451 e. The number of aliphatic hydroxyl groups is 1. The van der Waals surface area contributed by atoms with Crippen LogP contribution in [-0.4, -0.2) is 60.8 Å². The van der Waals surface area contributed by atoms with Crippen molar-refractivity contribution in [1.82, 2.24) is 15.3 Å². The van der Waals surface area contributed by atoms with E-state index in [9.17, 15) is 31.1 Å². The predicted molar refractivity (Wildman–Crippen MR) is 125 cm³/mol. The monoisotopic (exact) mass is 533 g/mol. The zero-order valence-electron chi connectivity index (χ0n) is 20.0. The number of benzene rings is 1. The molecule has 7 nitrogen and oxygen atoms in total. The van der Waals surface area contributed by atoms with E-state index in [1.165, 1.54) is 12.1 Å². The van der Waals surface area contributed by atoms with Crippen LogP contribution in [0.1, 0.15) is 36.2 Å². The van der Waals surface area contributed by atoms with Crippen molar-refractivity contribution in [2.75, 3.05) is 49.1 Å². The molecule has 2 aliphatic rings. The summed E-state index contributed by atoms with van der Waals surface area (Å²) in [7, 11) is 0. The third-order valence-electron chi connectivity index (χ3n) is 6.25. The van der Waals surface area contributed by atoms with Crippen LogP contribution in [0.3, 0.4) is 0 Å². The molecule has 4 rings (SSSR count). The highest BCUT2D eigenvalue weighted by atomic mass is 19.4. The third kappa shape index (κ3) is 8.20. The standard InChI is InChI=1S/C14H19F3N4O.C10H10F3NO/c15-14(16,17)13-18-11(20-4-1-5-20)8-12(19-13)21-6-2-10(9-22)3-7-21;11-10(12,13)9-3-1-8(2-4-9)5-6-14-7-15/h8,10,22H,1-7,9H2;1-4,7H,5-6H2,(H,14,15). The molecule has 0 saturated carbocycles. The zero-order chi connectivity index (χ0) is 27.1. The van der Waals surface area contributed by atoms with Gasteiger partial charge in [0.15, 0.2) is 0 Å². The van der Waals surface area contributed by atoms with Crippen LogP contribution in [0.15, 0.2) is 30.3 Å². The normalized spacial score (nSPS) is 16.5. The van der Waals surface area contributed by atoms with Crippen molar-refractivity contribution in [1.29, 1.82) is 0 Å². The summed E-state index contributed by atoms with van der Waals surface area (Å²) in [6.07, 6.45) is -5.25. The predicted octanol–water partition coefficient (Wildman–Crippen LogP) is 3.91. The molecule has 0 unspecified atom stereocenters. The van der Waals surface area contributed by atoms with Gasteiger partial charge < -0.3 is 20.2 Å². The fourth-order valence-electron chi connectivity index (χ4n) is 3.90. The van der Waals surface area contributed by atoms with Crippen molar-refractivity contribution < 1.29 is 36.2 Å². The van der Waals surface area contributed by atoms with Gasteiger partial charge in [0.1, 0.15) is 11.6 Å². The van der Waals surface area contributed by atoms with Crippen LogP contribution in [-0.2, 0) is 23.6 Å². The number of hydrogen-bond donors (Lipinski definition) is 2. The first kappa shape index (κ1) is 28.5. The Bertz CT molecular complexity index is 1000. The molecule has 2 aromatic rings. The number of anilines is 2. The lowest BCUT2D eigenvalue weighted by Crippen LogP contribution is -2.39. The van der Waals surface area contributed by atoms with Gasteiger partial charge >= 0.3 is 12.4 Å². The molecule has 0 bridgehead atoms. The second kappa shape index (κ2) is 12.4. The van der Waals surface area contributed by atoms with Crippen LogP contribution < -0.4 is 15.1 Å². The molecule has 37 heavy (non-hydrogen) atoms. The summed E-state index contributed by atoms with van der Waals surface area (Å²) in [5, 5.41) is 11.6. The van der Waals surface area contributed by atoms with Gasteiger partial charge in [0, 0.05) is 45.4 Å². The van der Waals surface area contributed by atoms with E-state index >= 15 is 0 Å². The number of nitrogens with one attached hydrogen (secondary N) is 1. The first-order chi connectivity index (χ1) is 17.5. The van der Waals surface area contributed by atoms with Gasteiger partial charge in [0.05, 0.1) is 5.56 Å². The maximum absolute atomic E-state index is 13.0. The van der Waals surface area contributed by atoms with Gasteiger partial charge in [-0.25, -0.2) is 9.97 Å². The largest absolute Gasteiger partial charge is 0.451 e. The number of amides is 1. The summed E-state index contributed by atoms with van der Waals surface area (Å²) in [6, 6.07) is 6.55. The lowest BCUT2D eigenvalue weighted by molar-refractivity contribution is -0.144. The summed E-state index contributed by atoms with van der Waals surface area (Å²) in [5.41, 5.74) is 0.104.